The van der Waals surface area contributed by atoms with Crippen molar-refractivity contribution in [1.82, 2.24) is 14.5 Å². The normalized spacial score (nSPS) is 11.4. The van der Waals surface area contributed by atoms with E-state index in [-0.39, 0.29) is 25.9 Å². The van der Waals surface area contributed by atoms with E-state index >= 15 is 0 Å². The maximum Gasteiger partial charge on any atom is 0 e. The van der Waals surface area contributed by atoms with Crippen LogP contribution in [0.5, 0.6) is 0 Å². The number of aryl methyl sites for hydroxylation is 1. The number of rotatable bonds is 5. The van der Waals surface area contributed by atoms with Crippen molar-refractivity contribution in [2.75, 3.05) is 0 Å². The second-order valence-electron chi connectivity index (χ2n) is 12.5. The van der Waals surface area contributed by atoms with Crippen LogP contribution in [0.2, 0.25) is 17.3 Å². The van der Waals surface area contributed by atoms with E-state index in [0.29, 0.717) is 0 Å². The van der Waals surface area contributed by atoms with E-state index in [1.54, 1.807) is 12.1 Å². The van der Waals surface area contributed by atoms with Gasteiger partial charge >= 0.3 is 99.8 Å². The van der Waals surface area contributed by atoms with Gasteiger partial charge in [0.05, 0.1) is 22.4 Å². The van der Waals surface area contributed by atoms with Gasteiger partial charge in [0, 0.05) is 32.0 Å². The molecule has 4 nitrogen and oxygen atoms in total. The first kappa shape index (κ1) is 33.5. The van der Waals surface area contributed by atoms with Crippen molar-refractivity contribution in [2.45, 2.75) is 30.7 Å². The standard InChI is InChI=1S/C27H18FN2O.C14H16GeN.Ir/c1-2-30-23-9-5-4-8-22(23)29-27(30)21-16-15-19(17-11-13-18(28)14-12-17)25-20-7-3-6-10-24(20)31-26(21)25;1-15(2,3)13-9-10-14(16-11-13)12-7-5-4-6-8-12;/h3-15H,2H2,1H3;4-7,9-11H,1-3H3;/q2*-1;. The number of para-hydroxylation sites is 3. The summed E-state index contributed by atoms with van der Waals surface area (Å²) in [6.45, 7) is 2.89. The molecule has 48 heavy (non-hydrogen) atoms. The number of imidazole rings is 1. The molecule has 3 heterocycles. The molecular formula is C41H34FGeIrN3O-2. The number of fused-ring (bicyclic) bond motifs is 4. The van der Waals surface area contributed by atoms with Gasteiger partial charge in [-0.25, -0.2) is 4.39 Å². The Bertz CT molecular complexity index is 2320. The molecular weight excluding hydrogens is 834 g/mol. The fourth-order valence-electron chi connectivity index (χ4n) is 5.93. The monoisotopic (exact) mass is 870 g/mol. The zero-order valence-corrected chi connectivity index (χ0v) is 31.7. The number of pyridine rings is 1. The molecule has 0 aliphatic carbocycles. The fourth-order valence-corrected chi connectivity index (χ4v) is 8.10. The molecule has 1 radical (unpaired) electrons. The predicted octanol–water partition coefficient (Wildman–Crippen LogP) is 10.3. The van der Waals surface area contributed by atoms with Crippen molar-refractivity contribution in [2.24, 2.45) is 0 Å². The summed E-state index contributed by atoms with van der Waals surface area (Å²) in [4.78, 5) is 9.44. The van der Waals surface area contributed by atoms with E-state index in [2.05, 4.69) is 70.1 Å². The Kier molecular flexibility index (Phi) is 9.79. The molecule has 0 fully saturated rings. The van der Waals surface area contributed by atoms with Gasteiger partial charge in [-0.1, -0.05) is 59.2 Å². The third kappa shape index (κ3) is 6.53. The third-order valence-corrected chi connectivity index (χ3v) is 12.7. The van der Waals surface area contributed by atoms with Gasteiger partial charge in [0.25, 0.3) is 0 Å². The van der Waals surface area contributed by atoms with E-state index in [9.17, 15) is 4.39 Å². The molecule has 0 unspecified atom stereocenters. The van der Waals surface area contributed by atoms with Crippen molar-refractivity contribution < 1.29 is 28.9 Å². The van der Waals surface area contributed by atoms with Crippen molar-refractivity contribution in [3.05, 3.63) is 139 Å². The maximum absolute atomic E-state index is 13.5. The van der Waals surface area contributed by atoms with Gasteiger partial charge < -0.3 is 8.98 Å². The summed E-state index contributed by atoms with van der Waals surface area (Å²) < 4.78 is 23.5. The van der Waals surface area contributed by atoms with E-state index in [0.717, 1.165) is 73.3 Å². The molecule has 0 aliphatic heterocycles. The van der Waals surface area contributed by atoms with Crippen LogP contribution < -0.4 is 4.40 Å². The number of aromatic nitrogens is 3. The van der Waals surface area contributed by atoms with Crippen LogP contribution >= 0.6 is 0 Å². The summed E-state index contributed by atoms with van der Waals surface area (Å²) in [5.41, 5.74) is 8.36. The number of hydrogen-bond donors (Lipinski definition) is 0. The molecule has 0 bridgehead atoms. The number of hydrogen-bond acceptors (Lipinski definition) is 3. The molecule has 0 aliphatic rings. The molecule has 0 saturated carbocycles. The van der Waals surface area contributed by atoms with Gasteiger partial charge in [0.15, 0.2) is 0 Å². The van der Waals surface area contributed by atoms with Gasteiger partial charge in [-0.15, -0.1) is 12.1 Å². The molecule has 8 rings (SSSR count). The van der Waals surface area contributed by atoms with Crippen molar-refractivity contribution in [3.8, 4) is 33.8 Å². The molecule has 0 N–H and O–H groups in total. The quantitative estimate of drug-likeness (QED) is 0.128. The first-order chi connectivity index (χ1) is 22.8. The summed E-state index contributed by atoms with van der Waals surface area (Å²) in [6, 6.07) is 43.6. The summed E-state index contributed by atoms with van der Waals surface area (Å²) >= 11 is -1.72. The number of furan rings is 1. The Labute approximate surface area is 296 Å². The topological polar surface area (TPSA) is 43.9 Å². The zero-order chi connectivity index (χ0) is 32.5. The average molecular weight is 869 g/mol. The minimum Gasteiger partial charge on any atom is 0 e. The Morgan fingerprint density at radius 2 is 1.58 bits per heavy atom. The first-order valence-corrected chi connectivity index (χ1v) is 23.2. The molecule has 5 aromatic carbocycles. The Hall–Kier alpha value is -4.36. The Morgan fingerprint density at radius 3 is 2.29 bits per heavy atom. The predicted molar refractivity (Wildman–Crippen MR) is 194 cm³/mol. The van der Waals surface area contributed by atoms with Crippen molar-refractivity contribution >= 4 is 50.6 Å². The average Bonchev–Trinajstić information content (AvgIpc) is 3.68. The number of halogens is 1. The molecule has 0 saturated heterocycles. The van der Waals surface area contributed by atoms with Crippen LogP contribution in [0.15, 0.2) is 126 Å². The minimum atomic E-state index is -1.72. The Morgan fingerprint density at radius 1 is 0.833 bits per heavy atom. The van der Waals surface area contributed by atoms with Gasteiger partial charge in [-0.05, 0) is 42.6 Å². The van der Waals surface area contributed by atoms with Crippen LogP contribution in [0, 0.1) is 17.9 Å². The number of nitrogens with zero attached hydrogens (tertiary/aromatic N) is 3. The van der Waals surface area contributed by atoms with Crippen LogP contribution in [0.25, 0.3) is 66.7 Å². The molecule has 3 aromatic heterocycles. The van der Waals surface area contributed by atoms with E-state index in [4.69, 9.17) is 9.40 Å². The molecule has 8 aromatic rings. The molecule has 7 heteroatoms. The number of benzene rings is 5. The van der Waals surface area contributed by atoms with Crippen molar-refractivity contribution in [1.29, 1.82) is 0 Å². The fraction of sp³-hybridized carbons (Fsp3) is 0.122. The SMILES string of the molecule is CCn1c(-c2[c-]cc(-c3ccc(F)cc3)c3c2oc2ccccc23)nc2ccccc21.[CH3][Ge]([CH3])([CH3])[c]1ccc(-c2[c-]cccc2)nc1.[Ir]. The molecule has 0 spiro atoms. The van der Waals surface area contributed by atoms with Crippen LogP contribution in [-0.4, -0.2) is 27.8 Å². The summed E-state index contributed by atoms with van der Waals surface area (Å²) in [5, 5.41) is 2.01. The second-order valence-corrected chi connectivity index (χ2v) is 23.2. The maximum atomic E-state index is 13.5. The summed E-state index contributed by atoms with van der Waals surface area (Å²) in [5.74, 6) is 7.72. The zero-order valence-electron chi connectivity index (χ0n) is 27.2. The third-order valence-electron chi connectivity index (χ3n) is 8.42. The second kappa shape index (κ2) is 14.0. The van der Waals surface area contributed by atoms with Gasteiger partial charge in [0.1, 0.15) is 11.4 Å². The molecule has 0 amide bonds. The van der Waals surface area contributed by atoms with E-state index in [1.165, 1.54) is 16.5 Å². The van der Waals surface area contributed by atoms with Crippen LogP contribution in [0.1, 0.15) is 6.92 Å². The van der Waals surface area contributed by atoms with Crippen molar-refractivity contribution in [3.63, 3.8) is 0 Å². The molecule has 0 atom stereocenters. The first-order valence-electron chi connectivity index (χ1n) is 15.8. The summed E-state index contributed by atoms with van der Waals surface area (Å²) in [6.07, 6.45) is 2.04. The van der Waals surface area contributed by atoms with Gasteiger partial charge in [-0.2, -0.15) is 0 Å². The summed E-state index contributed by atoms with van der Waals surface area (Å²) in [7, 11) is 0. The van der Waals surface area contributed by atoms with Gasteiger partial charge in [-0.3, -0.25) is 4.98 Å². The van der Waals surface area contributed by atoms with Crippen LogP contribution in [0.4, 0.5) is 4.39 Å². The van der Waals surface area contributed by atoms with E-state index < -0.39 is 13.3 Å². The van der Waals surface area contributed by atoms with E-state index in [1.807, 2.05) is 72.9 Å². The van der Waals surface area contributed by atoms with Crippen LogP contribution in [-0.2, 0) is 26.7 Å². The Balaban J connectivity index is 0.000000201. The largest absolute Gasteiger partial charge is 0 e. The smallest absolute Gasteiger partial charge is 0 e. The minimum absolute atomic E-state index is 0. The van der Waals surface area contributed by atoms with Gasteiger partial charge in [0.2, 0.25) is 0 Å². The van der Waals surface area contributed by atoms with Crippen LogP contribution in [0.3, 0.4) is 0 Å². The molecule has 241 valence electrons.